The van der Waals surface area contributed by atoms with E-state index >= 15 is 0 Å². The fourth-order valence-corrected chi connectivity index (χ4v) is 3.51. The number of thiazole rings is 1. The van der Waals surface area contributed by atoms with Crippen LogP contribution in [0.3, 0.4) is 0 Å². The maximum atomic E-state index is 5.90. The molecular weight excluding hydrogens is 278 g/mol. The van der Waals surface area contributed by atoms with Gasteiger partial charge in [-0.05, 0) is 49.4 Å². The molecule has 21 heavy (non-hydrogen) atoms. The average Bonchev–Trinajstić information content (AvgIpc) is 2.88. The Labute approximate surface area is 131 Å². The van der Waals surface area contributed by atoms with Crippen molar-refractivity contribution >= 4 is 22.2 Å². The van der Waals surface area contributed by atoms with Crippen molar-refractivity contribution in [2.45, 2.75) is 46.6 Å². The Bertz CT molecular complexity index is 598. The highest BCUT2D eigenvalue weighted by atomic mass is 32.1. The number of benzene rings is 1. The number of rotatable bonds is 5. The largest absolute Gasteiger partial charge is 0.326 e. The highest BCUT2D eigenvalue weighted by Gasteiger charge is 2.18. The number of hydrogen-bond donors (Lipinski definition) is 1. The van der Waals surface area contributed by atoms with Gasteiger partial charge in [-0.15, -0.1) is 0 Å². The maximum absolute atomic E-state index is 5.90. The minimum Gasteiger partial charge on any atom is -0.326 e. The first kappa shape index (κ1) is 16.0. The summed E-state index contributed by atoms with van der Waals surface area (Å²) in [7, 11) is 2.08. The van der Waals surface area contributed by atoms with Gasteiger partial charge < -0.3 is 10.6 Å². The Morgan fingerprint density at radius 3 is 2.38 bits per heavy atom. The van der Waals surface area contributed by atoms with E-state index in [-0.39, 0.29) is 0 Å². The van der Waals surface area contributed by atoms with Crippen LogP contribution in [0.2, 0.25) is 0 Å². The molecule has 114 valence electrons. The predicted molar refractivity (Wildman–Crippen MR) is 92.7 cm³/mol. The molecule has 0 radical (unpaired) electrons. The van der Waals surface area contributed by atoms with E-state index in [1.54, 1.807) is 11.3 Å². The molecule has 0 saturated heterocycles. The molecule has 0 bridgehead atoms. The number of aryl methyl sites for hydroxylation is 2. The average molecular weight is 303 g/mol. The standard InChI is InChI=1S/C17H25N3S/c1-6-13(4)16-15(10-18)21-17(19-16)20(5)14-8-11(2)7-12(3)9-14/h7-9,13H,6,10,18H2,1-5H3. The van der Waals surface area contributed by atoms with Crippen LogP contribution in [0.1, 0.15) is 47.9 Å². The van der Waals surface area contributed by atoms with Gasteiger partial charge in [0.05, 0.1) is 5.69 Å². The van der Waals surface area contributed by atoms with Crippen molar-refractivity contribution in [2.24, 2.45) is 5.73 Å². The first-order valence-electron chi connectivity index (χ1n) is 7.48. The Hall–Kier alpha value is -1.39. The van der Waals surface area contributed by atoms with E-state index in [1.165, 1.54) is 21.7 Å². The van der Waals surface area contributed by atoms with Gasteiger partial charge in [-0.3, -0.25) is 0 Å². The van der Waals surface area contributed by atoms with Crippen molar-refractivity contribution in [3.05, 3.63) is 39.9 Å². The lowest BCUT2D eigenvalue weighted by molar-refractivity contribution is 0.703. The van der Waals surface area contributed by atoms with Gasteiger partial charge in [0.2, 0.25) is 0 Å². The highest BCUT2D eigenvalue weighted by Crippen LogP contribution is 2.34. The molecule has 0 saturated carbocycles. The Morgan fingerprint density at radius 1 is 1.24 bits per heavy atom. The molecular formula is C17H25N3S. The van der Waals surface area contributed by atoms with Crippen LogP contribution in [0.25, 0.3) is 0 Å². The Balaban J connectivity index is 2.39. The Kier molecular flexibility index (Phi) is 5.01. The zero-order valence-corrected chi connectivity index (χ0v) is 14.4. The third-order valence-corrected chi connectivity index (χ3v) is 5.03. The number of hydrogen-bond acceptors (Lipinski definition) is 4. The molecule has 0 aliphatic heterocycles. The van der Waals surface area contributed by atoms with Crippen molar-refractivity contribution in [1.82, 2.24) is 4.98 Å². The molecule has 0 spiro atoms. The SMILES string of the molecule is CCC(C)c1nc(N(C)c2cc(C)cc(C)c2)sc1CN. The molecule has 4 heteroatoms. The molecule has 1 aromatic carbocycles. The van der Waals surface area contributed by atoms with Crippen molar-refractivity contribution in [1.29, 1.82) is 0 Å². The normalized spacial score (nSPS) is 12.5. The van der Waals surface area contributed by atoms with Gasteiger partial charge in [0.1, 0.15) is 0 Å². The van der Waals surface area contributed by atoms with Crippen molar-refractivity contribution in [2.75, 3.05) is 11.9 Å². The van der Waals surface area contributed by atoms with E-state index in [1.807, 2.05) is 0 Å². The van der Waals surface area contributed by atoms with Crippen molar-refractivity contribution in [3.63, 3.8) is 0 Å². The zero-order valence-electron chi connectivity index (χ0n) is 13.6. The van der Waals surface area contributed by atoms with E-state index in [0.717, 1.165) is 17.2 Å². The van der Waals surface area contributed by atoms with E-state index < -0.39 is 0 Å². The molecule has 1 unspecified atom stereocenters. The predicted octanol–water partition coefficient (Wildman–Crippen LogP) is 4.50. The fourth-order valence-electron chi connectivity index (χ4n) is 2.47. The molecule has 2 N–H and O–H groups in total. The van der Waals surface area contributed by atoms with Gasteiger partial charge in [0.15, 0.2) is 5.13 Å². The summed E-state index contributed by atoms with van der Waals surface area (Å²) in [6.45, 7) is 9.23. The van der Waals surface area contributed by atoms with Crippen LogP contribution in [0.15, 0.2) is 18.2 Å². The van der Waals surface area contributed by atoms with Gasteiger partial charge in [-0.2, -0.15) is 0 Å². The van der Waals surface area contributed by atoms with Crippen LogP contribution in [-0.4, -0.2) is 12.0 Å². The van der Waals surface area contributed by atoms with Crippen LogP contribution in [0.5, 0.6) is 0 Å². The summed E-state index contributed by atoms with van der Waals surface area (Å²) in [4.78, 5) is 8.22. The first-order valence-corrected chi connectivity index (χ1v) is 8.29. The maximum Gasteiger partial charge on any atom is 0.190 e. The number of nitrogens with zero attached hydrogens (tertiary/aromatic N) is 2. The second kappa shape index (κ2) is 6.58. The van der Waals surface area contributed by atoms with Gasteiger partial charge in [-0.1, -0.05) is 31.3 Å². The second-order valence-electron chi connectivity index (χ2n) is 5.72. The number of nitrogens with two attached hydrogens (primary N) is 1. The first-order chi connectivity index (χ1) is 9.96. The number of aromatic nitrogens is 1. The molecule has 1 atom stereocenters. The minimum atomic E-state index is 0.459. The van der Waals surface area contributed by atoms with Crippen LogP contribution in [-0.2, 0) is 6.54 Å². The summed E-state index contributed by atoms with van der Waals surface area (Å²) < 4.78 is 0. The van der Waals surface area contributed by atoms with E-state index in [0.29, 0.717) is 12.5 Å². The summed E-state index contributed by atoms with van der Waals surface area (Å²) in [6.07, 6.45) is 1.09. The summed E-state index contributed by atoms with van der Waals surface area (Å²) in [5, 5.41) is 1.02. The second-order valence-corrected chi connectivity index (χ2v) is 6.79. The number of anilines is 2. The molecule has 0 aliphatic carbocycles. The monoisotopic (exact) mass is 303 g/mol. The van der Waals surface area contributed by atoms with Crippen LogP contribution in [0.4, 0.5) is 10.8 Å². The zero-order chi connectivity index (χ0) is 15.6. The Morgan fingerprint density at radius 2 is 1.86 bits per heavy atom. The van der Waals surface area contributed by atoms with Gasteiger partial charge in [-0.25, -0.2) is 4.98 Å². The van der Waals surface area contributed by atoms with Gasteiger partial charge in [0.25, 0.3) is 0 Å². The molecule has 0 aliphatic rings. The van der Waals surface area contributed by atoms with Crippen molar-refractivity contribution < 1.29 is 0 Å². The minimum absolute atomic E-state index is 0.459. The molecule has 3 nitrogen and oxygen atoms in total. The third kappa shape index (κ3) is 3.44. The topological polar surface area (TPSA) is 42.2 Å². The molecule has 2 rings (SSSR count). The summed E-state index contributed by atoms with van der Waals surface area (Å²) in [5.41, 5.74) is 10.8. The molecule has 0 fully saturated rings. The lowest BCUT2D eigenvalue weighted by atomic mass is 10.0. The summed E-state index contributed by atoms with van der Waals surface area (Å²) in [6, 6.07) is 6.58. The molecule has 2 aromatic rings. The van der Waals surface area contributed by atoms with Crippen LogP contribution >= 0.6 is 11.3 Å². The molecule has 1 aromatic heterocycles. The summed E-state index contributed by atoms with van der Waals surface area (Å²) in [5.74, 6) is 0.459. The lowest BCUT2D eigenvalue weighted by Gasteiger charge is -2.17. The third-order valence-electron chi connectivity index (χ3n) is 3.86. The van der Waals surface area contributed by atoms with Gasteiger partial charge in [0, 0.05) is 24.2 Å². The van der Waals surface area contributed by atoms with Gasteiger partial charge >= 0.3 is 0 Å². The van der Waals surface area contributed by atoms with E-state index in [9.17, 15) is 0 Å². The van der Waals surface area contributed by atoms with Crippen LogP contribution in [0, 0.1) is 13.8 Å². The molecule has 1 heterocycles. The quantitative estimate of drug-likeness (QED) is 0.884. The lowest BCUT2D eigenvalue weighted by Crippen LogP contribution is -2.10. The van der Waals surface area contributed by atoms with E-state index in [4.69, 9.17) is 10.7 Å². The smallest absolute Gasteiger partial charge is 0.190 e. The van der Waals surface area contributed by atoms with E-state index in [2.05, 4.69) is 57.8 Å². The van der Waals surface area contributed by atoms with Crippen LogP contribution < -0.4 is 10.6 Å². The van der Waals surface area contributed by atoms with Crippen molar-refractivity contribution in [3.8, 4) is 0 Å². The fraction of sp³-hybridized carbons (Fsp3) is 0.471. The highest BCUT2D eigenvalue weighted by molar-refractivity contribution is 7.15. The summed E-state index contributed by atoms with van der Waals surface area (Å²) >= 11 is 1.71. The molecule has 0 amide bonds.